The van der Waals surface area contributed by atoms with Crippen molar-refractivity contribution in [3.63, 3.8) is 0 Å². The molecular weight excluding hydrogens is 296 g/mol. The Bertz CT molecular complexity index is 438. The highest BCUT2D eigenvalue weighted by molar-refractivity contribution is 7.09. The molecule has 4 nitrogen and oxygen atoms in total. The monoisotopic (exact) mass is 324 g/mol. The van der Waals surface area contributed by atoms with E-state index in [1.54, 1.807) is 11.3 Å². The van der Waals surface area contributed by atoms with Crippen molar-refractivity contribution >= 4 is 11.3 Å². The molecule has 0 aromatic carbocycles. The molecule has 22 heavy (non-hydrogen) atoms. The SMILES string of the molecule is Cc1nc(COC2CCC(OCCN3CCCC3)CC2)cs1. The summed E-state index contributed by atoms with van der Waals surface area (Å²) < 4.78 is 12.0. The average Bonchev–Trinajstić information content (AvgIpc) is 3.18. The molecule has 3 rings (SSSR count). The second-order valence-corrected chi connectivity index (χ2v) is 7.55. The van der Waals surface area contributed by atoms with Gasteiger partial charge in [0, 0.05) is 11.9 Å². The van der Waals surface area contributed by atoms with E-state index >= 15 is 0 Å². The summed E-state index contributed by atoms with van der Waals surface area (Å²) in [7, 11) is 0. The van der Waals surface area contributed by atoms with Gasteiger partial charge in [-0.3, -0.25) is 0 Å². The van der Waals surface area contributed by atoms with Crippen LogP contribution in [0.4, 0.5) is 0 Å². The fourth-order valence-electron chi connectivity index (χ4n) is 3.40. The first-order valence-corrected chi connectivity index (χ1v) is 9.54. The largest absolute Gasteiger partial charge is 0.377 e. The number of hydrogen-bond acceptors (Lipinski definition) is 5. The summed E-state index contributed by atoms with van der Waals surface area (Å²) in [6.07, 6.45) is 8.09. The molecule has 0 radical (unpaired) electrons. The van der Waals surface area contributed by atoms with E-state index in [-0.39, 0.29) is 0 Å². The maximum atomic E-state index is 6.05. The van der Waals surface area contributed by atoms with Crippen LogP contribution < -0.4 is 0 Å². The van der Waals surface area contributed by atoms with Gasteiger partial charge in [-0.15, -0.1) is 11.3 Å². The molecule has 1 aromatic rings. The van der Waals surface area contributed by atoms with Gasteiger partial charge in [-0.25, -0.2) is 4.98 Å². The summed E-state index contributed by atoms with van der Waals surface area (Å²) in [4.78, 5) is 6.97. The quantitative estimate of drug-likeness (QED) is 0.770. The van der Waals surface area contributed by atoms with E-state index in [0.717, 1.165) is 49.5 Å². The van der Waals surface area contributed by atoms with Gasteiger partial charge in [0.05, 0.1) is 36.1 Å². The molecule has 2 aliphatic rings. The van der Waals surface area contributed by atoms with Crippen molar-refractivity contribution in [2.75, 3.05) is 26.2 Å². The molecule has 0 atom stereocenters. The number of nitrogens with zero attached hydrogens (tertiary/aromatic N) is 2. The highest BCUT2D eigenvalue weighted by atomic mass is 32.1. The minimum Gasteiger partial charge on any atom is -0.377 e. The van der Waals surface area contributed by atoms with Crippen LogP contribution in [-0.2, 0) is 16.1 Å². The Kier molecular flexibility index (Phi) is 6.24. The molecule has 0 amide bonds. The van der Waals surface area contributed by atoms with Crippen LogP contribution in [0, 0.1) is 6.92 Å². The predicted octanol–water partition coefficient (Wildman–Crippen LogP) is 3.39. The fraction of sp³-hybridized carbons (Fsp3) is 0.824. The van der Waals surface area contributed by atoms with E-state index in [9.17, 15) is 0 Å². The van der Waals surface area contributed by atoms with Gasteiger partial charge in [-0.1, -0.05) is 0 Å². The normalized spacial score (nSPS) is 26.6. The van der Waals surface area contributed by atoms with E-state index in [0.29, 0.717) is 18.8 Å². The number of likely N-dealkylation sites (tertiary alicyclic amines) is 1. The van der Waals surface area contributed by atoms with Crippen LogP contribution in [0.5, 0.6) is 0 Å². The zero-order valence-electron chi connectivity index (χ0n) is 13.6. The summed E-state index contributed by atoms with van der Waals surface area (Å²) in [5.74, 6) is 0. The fourth-order valence-corrected chi connectivity index (χ4v) is 4.00. The lowest BCUT2D eigenvalue weighted by molar-refractivity contribution is -0.0401. The average molecular weight is 324 g/mol. The van der Waals surface area contributed by atoms with Crippen molar-refractivity contribution in [3.05, 3.63) is 16.1 Å². The molecule has 124 valence electrons. The second kappa shape index (κ2) is 8.39. The topological polar surface area (TPSA) is 34.6 Å². The predicted molar refractivity (Wildman–Crippen MR) is 89.3 cm³/mol. The molecule has 5 heteroatoms. The van der Waals surface area contributed by atoms with Gasteiger partial charge in [0.25, 0.3) is 0 Å². The number of aryl methyl sites for hydroxylation is 1. The summed E-state index contributed by atoms with van der Waals surface area (Å²) >= 11 is 1.70. The minimum atomic E-state index is 0.389. The van der Waals surface area contributed by atoms with Gasteiger partial charge in [0.15, 0.2) is 0 Å². The van der Waals surface area contributed by atoms with Gasteiger partial charge >= 0.3 is 0 Å². The third-order valence-electron chi connectivity index (χ3n) is 4.71. The Morgan fingerprint density at radius 1 is 1.14 bits per heavy atom. The molecule has 1 aromatic heterocycles. The maximum absolute atomic E-state index is 6.05. The van der Waals surface area contributed by atoms with Crippen LogP contribution in [0.2, 0.25) is 0 Å². The molecule has 1 aliphatic carbocycles. The number of ether oxygens (including phenoxy) is 2. The van der Waals surface area contributed by atoms with Crippen molar-refractivity contribution in [2.24, 2.45) is 0 Å². The summed E-state index contributed by atoms with van der Waals surface area (Å²) in [6, 6.07) is 0. The first kappa shape index (κ1) is 16.4. The third kappa shape index (κ3) is 5.01. The van der Waals surface area contributed by atoms with Gasteiger partial charge in [-0.2, -0.15) is 0 Å². The highest BCUT2D eigenvalue weighted by Crippen LogP contribution is 2.24. The first-order chi connectivity index (χ1) is 10.8. The third-order valence-corrected chi connectivity index (χ3v) is 5.54. The Hall–Kier alpha value is -0.490. The molecule has 1 aliphatic heterocycles. The molecule has 0 unspecified atom stereocenters. The number of thiazole rings is 1. The van der Waals surface area contributed by atoms with Crippen LogP contribution in [0.25, 0.3) is 0 Å². The molecule has 2 fully saturated rings. The van der Waals surface area contributed by atoms with Crippen LogP contribution >= 0.6 is 11.3 Å². The van der Waals surface area contributed by atoms with E-state index in [1.807, 2.05) is 6.92 Å². The zero-order valence-corrected chi connectivity index (χ0v) is 14.4. The second-order valence-electron chi connectivity index (χ2n) is 6.49. The van der Waals surface area contributed by atoms with Crippen molar-refractivity contribution in [2.45, 2.75) is 64.3 Å². The van der Waals surface area contributed by atoms with E-state index < -0.39 is 0 Å². The Balaban J connectivity index is 1.27. The van der Waals surface area contributed by atoms with Crippen LogP contribution in [-0.4, -0.2) is 48.3 Å². The number of rotatable bonds is 7. The molecule has 0 spiro atoms. The molecule has 1 saturated heterocycles. The van der Waals surface area contributed by atoms with Gasteiger partial charge in [-0.05, 0) is 58.5 Å². The molecule has 2 heterocycles. The minimum absolute atomic E-state index is 0.389. The Morgan fingerprint density at radius 2 is 1.82 bits per heavy atom. The maximum Gasteiger partial charge on any atom is 0.0900 e. The van der Waals surface area contributed by atoms with Crippen molar-refractivity contribution in [3.8, 4) is 0 Å². The van der Waals surface area contributed by atoms with Crippen molar-refractivity contribution in [1.29, 1.82) is 0 Å². The summed E-state index contributed by atoms with van der Waals surface area (Å²) in [6.45, 7) is 7.24. The van der Waals surface area contributed by atoms with E-state index in [2.05, 4.69) is 15.3 Å². The molecule has 0 bridgehead atoms. The number of hydrogen-bond donors (Lipinski definition) is 0. The lowest BCUT2D eigenvalue weighted by Crippen LogP contribution is -2.30. The van der Waals surface area contributed by atoms with Gasteiger partial charge in [0.2, 0.25) is 0 Å². The van der Waals surface area contributed by atoms with Crippen LogP contribution in [0.3, 0.4) is 0 Å². The van der Waals surface area contributed by atoms with E-state index in [1.165, 1.54) is 25.9 Å². The summed E-state index contributed by atoms with van der Waals surface area (Å²) in [5.41, 5.74) is 1.08. The van der Waals surface area contributed by atoms with Crippen molar-refractivity contribution < 1.29 is 9.47 Å². The first-order valence-electron chi connectivity index (χ1n) is 8.66. The highest BCUT2D eigenvalue weighted by Gasteiger charge is 2.22. The Labute approximate surface area is 137 Å². The van der Waals surface area contributed by atoms with Crippen LogP contribution in [0.1, 0.15) is 49.2 Å². The summed E-state index contributed by atoms with van der Waals surface area (Å²) in [5, 5.41) is 3.22. The molecule has 0 N–H and O–H groups in total. The lowest BCUT2D eigenvalue weighted by Gasteiger charge is -2.29. The van der Waals surface area contributed by atoms with Crippen molar-refractivity contribution in [1.82, 2.24) is 9.88 Å². The smallest absolute Gasteiger partial charge is 0.0900 e. The Morgan fingerprint density at radius 3 is 2.45 bits per heavy atom. The van der Waals surface area contributed by atoms with Gasteiger partial charge in [0.1, 0.15) is 0 Å². The standard InChI is InChI=1S/C17H28N2O2S/c1-14-18-15(13-22-14)12-21-17-6-4-16(5-7-17)20-11-10-19-8-2-3-9-19/h13,16-17H,2-12H2,1H3. The lowest BCUT2D eigenvalue weighted by atomic mass is 9.95. The van der Waals surface area contributed by atoms with E-state index in [4.69, 9.17) is 9.47 Å². The van der Waals surface area contributed by atoms with Crippen LogP contribution in [0.15, 0.2) is 5.38 Å². The molecular formula is C17H28N2O2S. The molecule has 1 saturated carbocycles. The zero-order chi connectivity index (χ0) is 15.2. The van der Waals surface area contributed by atoms with Gasteiger partial charge < -0.3 is 14.4 Å². The number of aromatic nitrogens is 1.